The molecule has 3 aromatic carbocycles. The van der Waals surface area contributed by atoms with Gasteiger partial charge in [-0.3, -0.25) is 4.79 Å². The summed E-state index contributed by atoms with van der Waals surface area (Å²) in [6.45, 7) is 0. The van der Waals surface area contributed by atoms with Gasteiger partial charge in [0, 0.05) is 16.7 Å². The molecule has 0 unspecified atom stereocenters. The topological polar surface area (TPSA) is 71.3 Å². The predicted molar refractivity (Wildman–Crippen MR) is 113 cm³/mol. The molecule has 0 aliphatic carbocycles. The number of benzene rings is 3. The third-order valence-electron chi connectivity index (χ3n) is 4.42. The van der Waals surface area contributed by atoms with E-state index in [-0.39, 0.29) is 16.5 Å². The van der Waals surface area contributed by atoms with Gasteiger partial charge in [0.1, 0.15) is 0 Å². The number of ether oxygens (including phenoxy) is 2. The van der Waals surface area contributed by atoms with E-state index >= 15 is 0 Å². The fraction of sp³-hybridized carbons (Fsp3) is 0.130. The molecule has 3 aromatic rings. The molecule has 164 valence electrons. The first-order chi connectivity index (χ1) is 15.2. The van der Waals surface area contributed by atoms with Crippen molar-refractivity contribution >= 4 is 23.2 Å². The molecular weight excluding hydrogens is 445 g/mol. The van der Waals surface area contributed by atoms with Gasteiger partial charge in [-0.2, -0.15) is 18.4 Å². The van der Waals surface area contributed by atoms with Gasteiger partial charge >= 0.3 is 6.18 Å². The van der Waals surface area contributed by atoms with Crippen molar-refractivity contribution in [2.75, 3.05) is 12.4 Å². The Kier molecular flexibility index (Phi) is 6.91. The van der Waals surface area contributed by atoms with Gasteiger partial charge in [-0.25, -0.2) is 0 Å². The molecule has 0 radical (unpaired) electrons. The summed E-state index contributed by atoms with van der Waals surface area (Å²) in [5.41, 5.74) is -0.825. The summed E-state index contributed by atoms with van der Waals surface area (Å²) in [6, 6.07) is 17.6. The van der Waals surface area contributed by atoms with E-state index in [0.29, 0.717) is 11.1 Å². The summed E-state index contributed by atoms with van der Waals surface area (Å²) < 4.78 is 51.4. The van der Waals surface area contributed by atoms with Crippen LogP contribution in [0.4, 0.5) is 18.9 Å². The van der Waals surface area contributed by atoms with Crippen molar-refractivity contribution in [3.05, 3.63) is 88.4 Å². The highest BCUT2D eigenvalue weighted by molar-refractivity contribution is 6.30. The lowest BCUT2D eigenvalue weighted by molar-refractivity contribution is -0.137. The zero-order chi connectivity index (χ0) is 23.3. The quantitative estimate of drug-likeness (QED) is 0.490. The Bertz CT molecular complexity index is 1160. The first-order valence-corrected chi connectivity index (χ1v) is 9.58. The molecule has 0 saturated carbocycles. The number of methoxy groups -OCH3 is 1. The van der Waals surface area contributed by atoms with Crippen LogP contribution in [0.3, 0.4) is 0 Å². The summed E-state index contributed by atoms with van der Waals surface area (Å²) in [7, 11) is 1.37. The minimum Gasteiger partial charge on any atom is -0.493 e. The Morgan fingerprint density at radius 1 is 1.06 bits per heavy atom. The third-order valence-corrected chi connectivity index (χ3v) is 4.66. The average molecular weight is 461 g/mol. The molecule has 3 rings (SSSR count). The minimum atomic E-state index is -4.73. The van der Waals surface area contributed by atoms with E-state index in [0.717, 1.165) is 12.1 Å². The number of nitriles is 1. The Hall–Kier alpha value is -3.70. The summed E-state index contributed by atoms with van der Waals surface area (Å²) in [5.74, 6) is -0.502. The number of hydrogen-bond donors (Lipinski definition) is 1. The molecule has 0 heterocycles. The van der Waals surface area contributed by atoms with Crippen LogP contribution in [-0.2, 0) is 11.0 Å². The van der Waals surface area contributed by atoms with E-state index in [9.17, 15) is 18.0 Å². The van der Waals surface area contributed by atoms with Crippen molar-refractivity contribution in [2.45, 2.75) is 12.3 Å². The van der Waals surface area contributed by atoms with Crippen molar-refractivity contribution in [3.8, 4) is 17.6 Å². The highest BCUT2D eigenvalue weighted by Gasteiger charge is 2.35. The normalized spacial score (nSPS) is 11.9. The van der Waals surface area contributed by atoms with Crippen LogP contribution in [0.15, 0.2) is 66.7 Å². The van der Waals surface area contributed by atoms with Crippen molar-refractivity contribution in [3.63, 3.8) is 0 Å². The van der Waals surface area contributed by atoms with Gasteiger partial charge in [-0.1, -0.05) is 41.9 Å². The van der Waals surface area contributed by atoms with Crippen LogP contribution in [0, 0.1) is 11.3 Å². The first-order valence-electron chi connectivity index (χ1n) is 9.20. The molecular formula is C23H16ClF3N2O3. The van der Waals surface area contributed by atoms with Gasteiger partial charge < -0.3 is 14.8 Å². The fourth-order valence-corrected chi connectivity index (χ4v) is 3.09. The molecule has 5 nitrogen and oxygen atoms in total. The summed E-state index contributed by atoms with van der Waals surface area (Å²) in [6.07, 6.45) is -6.04. The number of anilines is 1. The van der Waals surface area contributed by atoms with Crippen LogP contribution in [0.2, 0.25) is 5.02 Å². The smallest absolute Gasteiger partial charge is 0.418 e. The van der Waals surface area contributed by atoms with Crippen molar-refractivity contribution in [1.29, 1.82) is 5.26 Å². The Balaban J connectivity index is 1.98. The zero-order valence-corrected chi connectivity index (χ0v) is 17.4. The molecule has 0 aliphatic heterocycles. The number of nitrogens with one attached hydrogen (secondary N) is 1. The number of amides is 1. The number of rotatable bonds is 6. The van der Waals surface area contributed by atoms with Gasteiger partial charge in [-0.15, -0.1) is 0 Å². The second-order valence-electron chi connectivity index (χ2n) is 6.56. The largest absolute Gasteiger partial charge is 0.493 e. The van der Waals surface area contributed by atoms with Crippen molar-refractivity contribution in [1.82, 2.24) is 0 Å². The fourth-order valence-electron chi connectivity index (χ4n) is 2.92. The zero-order valence-electron chi connectivity index (χ0n) is 16.6. The number of nitrogens with zero attached hydrogens (tertiary/aromatic N) is 1. The molecule has 1 N–H and O–H groups in total. The molecule has 1 atom stereocenters. The van der Waals surface area contributed by atoms with Gasteiger partial charge in [0.05, 0.1) is 30.0 Å². The van der Waals surface area contributed by atoms with Gasteiger partial charge in [-0.05, 0) is 30.3 Å². The summed E-state index contributed by atoms with van der Waals surface area (Å²) in [5, 5.41) is 11.2. The predicted octanol–water partition coefficient (Wildman–Crippen LogP) is 6.00. The average Bonchev–Trinajstić information content (AvgIpc) is 2.78. The lowest BCUT2D eigenvalue weighted by Crippen LogP contribution is -2.27. The van der Waals surface area contributed by atoms with E-state index in [1.54, 1.807) is 30.3 Å². The minimum absolute atomic E-state index is 0.117. The van der Waals surface area contributed by atoms with Crippen LogP contribution >= 0.6 is 11.6 Å². The van der Waals surface area contributed by atoms with E-state index < -0.39 is 29.4 Å². The number of carbonyl (C=O) groups is 1. The summed E-state index contributed by atoms with van der Waals surface area (Å²) >= 11 is 5.71. The van der Waals surface area contributed by atoms with Crippen molar-refractivity contribution < 1.29 is 27.4 Å². The lowest BCUT2D eigenvalue weighted by Gasteiger charge is -2.22. The van der Waals surface area contributed by atoms with E-state index in [4.69, 9.17) is 26.3 Å². The van der Waals surface area contributed by atoms with E-state index in [1.165, 1.54) is 31.4 Å². The molecule has 0 aromatic heterocycles. The second kappa shape index (κ2) is 9.62. The van der Waals surface area contributed by atoms with E-state index in [1.807, 2.05) is 6.07 Å². The first kappa shape index (κ1) is 23.0. The van der Waals surface area contributed by atoms with Crippen LogP contribution in [0.5, 0.6) is 11.5 Å². The SMILES string of the molecule is COc1cc(C#N)ccc1O[C@H](C(=O)Nc1ccc(Cl)cc1C(F)(F)F)c1ccccc1. The molecule has 32 heavy (non-hydrogen) atoms. The lowest BCUT2D eigenvalue weighted by atomic mass is 10.1. The van der Waals surface area contributed by atoms with Crippen LogP contribution in [0.1, 0.15) is 22.8 Å². The maximum atomic E-state index is 13.4. The molecule has 1 amide bonds. The molecule has 9 heteroatoms. The standard InChI is InChI=1S/C23H16ClF3N2O3/c1-31-20-11-14(13-28)7-10-19(20)32-21(15-5-3-2-4-6-15)22(30)29-18-9-8-16(24)12-17(18)23(25,26)27/h2-12,21H,1H3,(H,29,30)/t21-/m0/s1. The number of halogens is 4. The second-order valence-corrected chi connectivity index (χ2v) is 7.00. The number of alkyl halides is 3. The van der Waals surface area contributed by atoms with Crippen LogP contribution in [-0.4, -0.2) is 13.0 Å². The number of carbonyl (C=O) groups excluding carboxylic acids is 1. The maximum absolute atomic E-state index is 13.4. The highest BCUT2D eigenvalue weighted by atomic mass is 35.5. The molecule has 0 saturated heterocycles. The van der Waals surface area contributed by atoms with Gasteiger partial charge in [0.15, 0.2) is 11.5 Å². The molecule has 0 fully saturated rings. The summed E-state index contributed by atoms with van der Waals surface area (Å²) in [4.78, 5) is 13.1. The van der Waals surface area contributed by atoms with Gasteiger partial charge in [0.25, 0.3) is 5.91 Å². The Morgan fingerprint density at radius 2 is 1.78 bits per heavy atom. The van der Waals surface area contributed by atoms with Crippen LogP contribution < -0.4 is 14.8 Å². The number of hydrogen-bond acceptors (Lipinski definition) is 4. The van der Waals surface area contributed by atoms with Crippen molar-refractivity contribution in [2.24, 2.45) is 0 Å². The van der Waals surface area contributed by atoms with E-state index in [2.05, 4.69) is 5.32 Å². The highest BCUT2D eigenvalue weighted by Crippen LogP contribution is 2.38. The monoisotopic (exact) mass is 460 g/mol. The molecule has 0 aliphatic rings. The molecule has 0 bridgehead atoms. The Labute approximate surface area is 187 Å². The van der Waals surface area contributed by atoms with Crippen LogP contribution in [0.25, 0.3) is 0 Å². The molecule has 0 spiro atoms. The third kappa shape index (κ3) is 5.31. The maximum Gasteiger partial charge on any atom is 0.418 e. The van der Waals surface area contributed by atoms with Gasteiger partial charge in [0.2, 0.25) is 6.10 Å². The Morgan fingerprint density at radius 3 is 2.41 bits per heavy atom.